The van der Waals surface area contributed by atoms with Gasteiger partial charge in [-0.2, -0.15) is 10.5 Å². The summed E-state index contributed by atoms with van der Waals surface area (Å²) >= 11 is 1.10. The molecule has 6 heteroatoms. The van der Waals surface area contributed by atoms with E-state index < -0.39 is 0 Å². The largest absolute Gasteiger partial charge is 0.383 e. The third kappa shape index (κ3) is 4.33. The van der Waals surface area contributed by atoms with Crippen LogP contribution >= 0.6 is 11.8 Å². The van der Waals surface area contributed by atoms with E-state index in [9.17, 15) is 15.3 Å². The number of hydrogen-bond donors (Lipinski definition) is 1. The Morgan fingerprint density at radius 1 is 1.19 bits per heavy atom. The molecule has 0 radical (unpaired) electrons. The maximum Gasteiger partial charge on any atom is 0.173 e. The Balaban J connectivity index is 2.52. The second-order valence-electron chi connectivity index (χ2n) is 5.29. The molecule has 0 aliphatic heterocycles. The van der Waals surface area contributed by atoms with Crippen LogP contribution in [0, 0.1) is 22.7 Å². The zero-order valence-electron chi connectivity index (χ0n) is 14.5. The van der Waals surface area contributed by atoms with Gasteiger partial charge in [-0.25, -0.2) is 4.98 Å². The Morgan fingerprint density at radius 2 is 1.85 bits per heavy atom. The van der Waals surface area contributed by atoms with Gasteiger partial charge in [0, 0.05) is 11.1 Å². The smallest absolute Gasteiger partial charge is 0.173 e. The number of nitriles is 2. The molecular formula is C21H16N4OS. The number of nitrogens with zero attached hydrogens (tertiary/aromatic N) is 3. The van der Waals surface area contributed by atoms with Gasteiger partial charge in [-0.1, -0.05) is 73.5 Å². The van der Waals surface area contributed by atoms with Crippen LogP contribution in [0.25, 0.3) is 11.1 Å². The van der Waals surface area contributed by atoms with Crippen molar-refractivity contribution in [2.45, 2.75) is 5.03 Å². The summed E-state index contributed by atoms with van der Waals surface area (Å²) in [5, 5.41) is 19.5. The molecule has 0 unspecified atom stereocenters. The van der Waals surface area contributed by atoms with Crippen molar-refractivity contribution >= 4 is 23.4 Å². The van der Waals surface area contributed by atoms with Crippen LogP contribution in [-0.2, 0) is 4.79 Å². The topological polar surface area (TPSA) is 104 Å². The molecule has 2 N–H and O–H groups in total. The fourth-order valence-corrected chi connectivity index (χ4v) is 3.30. The van der Waals surface area contributed by atoms with Gasteiger partial charge in [0.1, 0.15) is 28.5 Å². The summed E-state index contributed by atoms with van der Waals surface area (Å²) in [6, 6.07) is 13.2. The molecule has 2 rings (SSSR count). The predicted molar refractivity (Wildman–Crippen MR) is 108 cm³/mol. The maximum atomic E-state index is 12.3. The molecular weight excluding hydrogens is 356 g/mol. The first-order chi connectivity index (χ1) is 13.1. The second kappa shape index (κ2) is 9.19. The highest BCUT2D eigenvalue weighted by Gasteiger charge is 2.21. The molecule has 27 heavy (non-hydrogen) atoms. The number of carbonyl (C=O) groups is 1. The molecule has 0 aliphatic carbocycles. The van der Waals surface area contributed by atoms with Gasteiger partial charge in [0.05, 0.1) is 11.3 Å². The summed E-state index contributed by atoms with van der Waals surface area (Å²) in [7, 11) is 0. The lowest BCUT2D eigenvalue weighted by atomic mass is 9.97. The predicted octanol–water partition coefficient (Wildman–Crippen LogP) is 4.03. The van der Waals surface area contributed by atoms with Gasteiger partial charge in [-0.15, -0.1) is 0 Å². The minimum absolute atomic E-state index is 0.0240. The summed E-state index contributed by atoms with van der Waals surface area (Å²) in [6.45, 7) is 7.18. The number of nitrogens with two attached hydrogens (primary N) is 1. The number of hydrogen-bond acceptors (Lipinski definition) is 6. The molecule has 2 aromatic rings. The first-order valence-corrected chi connectivity index (χ1v) is 8.86. The number of anilines is 1. The zero-order chi connectivity index (χ0) is 19.8. The Hall–Kier alpha value is -3.61. The average Bonchev–Trinajstić information content (AvgIpc) is 2.70. The lowest BCUT2D eigenvalue weighted by molar-refractivity contribution is -0.112. The molecule has 0 amide bonds. The highest BCUT2D eigenvalue weighted by molar-refractivity contribution is 8.00. The van der Waals surface area contributed by atoms with Crippen LogP contribution in [0.1, 0.15) is 11.1 Å². The lowest BCUT2D eigenvalue weighted by Gasteiger charge is -2.12. The van der Waals surface area contributed by atoms with Crippen LogP contribution in [0.3, 0.4) is 0 Å². The van der Waals surface area contributed by atoms with E-state index in [0.717, 1.165) is 11.8 Å². The van der Waals surface area contributed by atoms with Gasteiger partial charge in [0.15, 0.2) is 5.78 Å². The molecule has 0 fully saturated rings. The molecule has 0 bridgehead atoms. The van der Waals surface area contributed by atoms with Crippen LogP contribution in [0.2, 0.25) is 0 Å². The van der Waals surface area contributed by atoms with E-state index in [1.165, 1.54) is 12.2 Å². The number of rotatable bonds is 7. The van der Waals surface area contributed by atoms with Gasteiger partial charge in [0.25, 0.3) is 0 Å². The van der Waals surface area contributed by atoms with Crippen molar-refractivity contribution in [3.05, 3.63) is 78.4 Å². The monoisotopic (exact) mass is 372 g/mol. The third-order valence-corrected chi connectivity index (χ3v) is 4.63. The number of ketones is 1. The van der Waals surface area contributed by atoms with Crippen molar-refractivity contribution in [1.82, 2.24) is 4.98 Å². The van der Waals surface area contributed by atoms with E-state index in [-0.39, 0.29) is 28.5 Å². The zero-order valence-corrected chi connectivity index (χ0v) is 15.3. The van der Waals surface area contributed by atoms with Crippen LogP contribution in [0.5, 0.6) is 0 Å². The molecule has 1 heterocycles. The van der Waals surface area contributed by atoms with Crippen LogP contribution in [-0.4, -0.2) is 16.5 Å². The summed E-state index contributed by atoms with van der Waals surface area (Å²) in [4.78, 5) is 16.5. The summed E-state index contributed by atoms with van der Waals surface area (Å²) in [6.07, 6.45) is 4.52. The molecule has 5 nitrogen and oxygen atoms in total. The average molecular weight is 372 g/mol. The molecule has 0 saturated heterocycles. The number of benzene rings is 1. The van der Waals surface area contributed by atoms with E-state index >= 15 is 0 Å². The van der Waals surface area contributed by atoms with Crippen molar-refractivity contribution in [3.63, 3.8) is 0 Å². The van der Waals surface area contributed by atoms with Crippen molar-refractivity contribution in [1.29, 1.82) is 10.5 Å². The minimum atomic E-state index is -0.176. The number of carbonyl (C=O) groups excluding carboxylic acids is 1. The van der Waals surface area contributed by atoms with Crippen molar-refractivity contribution in [3.8, 4) is 23.3 Å². The molecule has 0 saturated carbocycles. The summed E-state index contributed by atoms with van der Waals surface area (Å²) < 4.78 is 0. The number of aromatic nitrogens is 1. The molecule has 1 aromatic carbocycles. The minimum Gasteiger partial charge on any atom is -0.383 e. The van der Waals surface area contributed by atoms with Crippen LogP contribution in [0.4, 0.5) is 5.82 Å². The number of pyridine rings is 1. The van der Waals surface area contributed by atoms with Gasteiger partial charge >= 0.3 is 0 Å². The van der Waals surface area contributed by atoms with E-state index in [4.69, 9.17) is 5.73 Å². The lowest BCUT2D eigenvalue weighted by Crippen LogP contribution is -2.07. The normalized spacial score (nSPS) is 10.5. The van der Waals surface area contributed by atoms with Crippen molar-refractivity contribution < 1.29 is 4.79 Å². The Labute approximate surface area is 162 Å². The van der Waals surface area contributed by atoms with Crippen molar-refractivity contribution in [2.75, 3.05) is 11.5 Å². The van der Waals surface area contributed by atoms with E-state index in [2.05, 4.69) is 24.2 Å². The fourth-order valence-electron chi connectivity index (χ4n) is 2.42. The van der Waals surface area contributed by atoms with Gasteiger partial charge in [0.2, 0.25) is 0 Å². The molecule has 0 atom stereocenters. The highest BCUT2D eigenvalue weighted by atomic mass is 32.2. The Morgan fingerprint density at radius 3 is 2.41 bits per heavy atom. The SMILES string of the molecule is C=C/C=C(\C=C)C(=O)CSc1nc(N)c(C#N)c(-c2ccccc2)c1C#N. The number of thioether (sulfide) groups is 1. The van der Waals surface area contributed by atoms with Crippen LogP contribution in [0.15, 0.2) is 72.3 Å². The number of allylic oxidation sites excluding steroid dienone is 4. The first kappa shape index (κ1) is 19.7. The summed E-state index contributed by atoms with van der Waals surface area (Å²) in [5.41, 5.74) is 7.85. The van der Waals surface area contributed by atoms with Gasteiger partial charge < -0.3 is 5.73 Å². The standard InChI is InChI=1S/C21H16N4OS/c1-3-8-14(4-2)18(26)13-27-21-17(12-23)19(15-9-6-5-7-10-15)16(11-22)20(24)25-21/h3-10H,1-2,13H2,(H2,24,25)/b14-8+. The van der Waals surface area contributed by atoms with E-state index in [0.29, 0.717) is 21.7 Å². The van der Waals surface area contributed by atoms with Crippen LogP contribution < -0.4 is 5.73 Å². The number of nitrogen functional groups attached to an aromatic ring is 1. The number of Topliss-reactive ketones (excluding diaryl/α,β-unsaturated/α-hetero) is 1. The first-order valence-electron chi connectivity index (χ1n) is 7.87. The maximum absolute atomic E-state index is 12.3. The molecule has 0 spiro atoms. The Kier molecular flexibility index (Phi) is 6.71. The summed E-state index contributed by atoms with van der Waals surface area (Å²) in [5.74, 6) is -0.104. The van der Waals surface area contributed by atoms with Gasteiger partial charge in [-0.05, 0) is 5.56 Å². The molecule has 1 aromatic heterocycles. The second-order valence-corrected chi connectivity index (χ2v) is 6.25. The Bertz CT molecular complexity index is 1010. The third-order valence-electron chi connectivity index (χ3n) is 3.66. The molecule has 132 valence electrons. The van der Waals surface area contributed by atoms with Gasteiger partial charge in [-0.3, -0.25) is 4.79 Å². The van der Waals surface area contributed by atoms with E-state index in [1.54, 1.807) is 30.3 Å². The molecule has 0 aliphatic rings. The quantitative estimate of drug-likeness (QED) is 0.447. The van der Waals surface area contributed by atoms with Crippen molar-refractivity contribution in [2.24, 2.45) is 0 Å². The van der Waals surface area contributed by atoms with E-state index in [1.807, 2.05) is 12.1 Å². The fraction of sp³-hybridized carbons (Fsp3) is 0.0476. The highest BCUT2D eigenvalue weighted by Crippen LogP contribution is 2.35.